The van der Waals surface area contributed by atoms with Crippen LogP contribution in [-0.2, 0) is 6.42 Å². The molecule has 9 heteroatoms. The molecule has 3 aromatic carbocycles. The van der Waals surface area contributed by atoms with Gasteiger partial charge in [0.25, 0.3) is 5.56 Å². The molecule has 3 heterocycles. The van der Waals surface area contributed by atoms with E-state index in [9.17, 15) is 14.7 Å². The minimum atomic E-state index is -0.709. The van der Waals surface area contributed by atoms with Gasteiger partial charge in [-0.1, -0.05) is 36.4 Å². The monoisotopic (exact) mass is 474 g/mol. The van der Waals surface area contributed by atoms with Crippen molar-refractivity contribution in [2.75, 3.05) is 27.5 Å². The molecule has 4 aromatic rings. The summed E-state index contributed by atoms with van der Waals surface area (Å²) in [5.41, 5.74) is 0.912. The number of likely N-dealkylation sites (N-methyl/N-ethyl adjacent to an activating group) is 1. The first-order valence-corrected chi connectivity index (χ1v) is 11.4. The Morgan fingerprint density at radius 3 is 2.74 bits per heavy atom. The lowest BCUT2D eigenvalue weighted by Gasteiger charge is -2.33. The molecule has 3 N–H and O–H groups in total. The molecule has 2 aliphatic heterocycles. The van der Waals surface area contributed by atoms with Crippen molar-refractivity contribution in [2.24, 2.45) is 0 Å². The largest absolute Gasteiger partial charge is 0.494 e. The van der Waals surface area contributed by atoms with E-state index in [1.807, 2.05) is 49.5 Å². The predicted molar refractivity (Wildman–Crippen MR) is 128 cm³/mol. The van der Waals surface area contributed by atoms with Gasteiger partial charge < -0.3 is 24.2 Å². The molecule has 0 bridgehead atoms. The van der Waals surface area contributed by atoms with Crippen LogP contribution in [0, 0.1) is 0 Å². The van der Waals surface area contributed by atoms with Crippen LogP contribution < -0.4 is 30.4 Å². The minimum Gasteiger partial charge on any atom is -0.494 e. The van der Waals surface area contributed by atoms with Crippen molar-refractivity contribution in [1.82, 2.24) is 9.55 Å². The molecule has 0 saturated carbocycles. The predicted octanol–water partition coefficient (Wildman–Crippen LogP) is 1.28. The Balaban J connectivity index is 1.65. The molecule has 1 aromatic heterocycles. The van der Waals surface area contributed by atoms with Crippen LogP contribution in [0.1, 0.15) is 22.7 Å². The van der Waals surface area contributed by atoms with Gasteiger partial charge in [-0.3, -0.25) is 9.78 Å². The summed E-state index contributed by atoms with van der Waals surface area (Å²) in [5, 5.41) is 13.2. The van der Waals surface area contributed by atoms with E-state index in [1.54, 1.807) is 13.2 Å². The van der Waals surface area contributed by atoms with Crippen molar-refractivity contribution in [2.45, 2.75) is 12.5 Å². The number of rotatable bonds is 3. The molecular formula is C26H24N3O6+. The summed E-state index contributed by atoms with van der Waals surface area (Å²) in [7, 11) is 3.49. The maximum absolute atomic E-state index is 13.3. The summed E-state index contributed by atoms with van der Waals surface area (Å²) in [6.07, 6.45) is 0.728. The number of aromatic hydroxyl groups is 1. The third kappa shape index (κ3) is 3.12. The van der Waals surface area contributed by atoms with Crippen molar-refractivity contribution < 1.29 is 24.2 Å². The van der Waals surface area contributed by atoms with E-state index < -0.39 is 23.2 Å². The van der Waals surface area contributed by atoms with Crippen molar-refractivity contribution in [3.05, 3.63) is 86.1 Å². The number of nitrogens with one attached hydrogen (secondary N) is 2. The summed E-state index contributed by atoms with van der Waals surface area (Å²) < 4.78 is 18.2. The van der Waals surface area contributed by atoms with Crippen molar-refractivity contribution in [3.8, 4) is 28.8 Å². The molecule has 35 heavy (non-hydrogen) atoms. The zero-order valence-corrected chi connectivity index (χ0v) is 19.3. The molecule has 0 aliphatic carbocycles. The lowest BCUT2D eigenvalue weighted by atomic mass is 9.87. The van der Waals surface area contributed by atoms with Gasteiger partial charge in [0.15, 0.2) is 17.5 Å². The summed E-state index contributed by atoms with van der Waals surface area (Å²) in [6.45, 7) is 0.784. The normalized spacial score (nSPS) is 18.5. The van der Waals surface area contributed by atoms with E-state index in [0.29, 0.717) is 29.5 Å². The first-order chi connectivity index (χ1) is 17.0. The number of methoxy groups -OCH3 is 1. The standard InChI is InChI=1S/C26H23N3O6/c1-28-11-10-15-12-18-22(35-13-34-18)23(33-2)19(15)21(28)20-24(30)27-26(32)29(25(20)31)17-9-5-7-14-6-3-4-8-16(14)17/h3-9,12,21,31H,10-11,13H2,1-2H3,(H,27,30,32)/p+1/t21-/m1/s1. The maximum atomic E-state index is 13.3. The second kappa shape index (κ2) is 7.92. The SMILES string of the molecule is COc1c2c(cc3c1[C@H](c1c(O)n(-c4cccc5ccccc45)c(=O)[nH]c1=O)[NH+](C)CC3)OCO2. The molecule has 6 rings (SSSR count). The molecule has 178 valence electrons. The van der Waals surface area contributed by atoms with Crippen LogP contribution in [0.15, 0.2) is 58.1 Å². The summed E-state index contributed by atoms with van der Waals surface area (Å²) in [6, 6.07) is 14.4. The second-order valence-electron chi connectivity index (χ2n) is 8.83. The van der Waals surface area contributed by atoms with Gasteiger partial charge in [-0.05, 0) is 23.1 Å². The van der Waals surface area contributed by atoms with E-state index in [-0.39, 0.29) is 12.4 Å². The Hall–Kier alpha value is -4.24. The fourth-order valence-electron chi connectivity index (χ4n) is 5.34. The summed E-state index contributed by atoms with van der Waals surface area (Å²) in [4.78, 5) is 29.7. The van der Waals surface area contributed by atoms with Gasteiger partial charge >= 0.3 is 5.69 Å². The lowest BCUT2D eigenvalue weighted by molar-refractivity contribution is -0.908. The number of benzene rings is 3. The average Bonchev–Trinajstić information content (AvgIpc) is 3.32. The van der Waals surface area contributed by atoms with Gasteiger partial charge in [-0.25, -0.2) is 9.36 Å². The molecule has 9 nitrogen and oxygen atoms in total. The van der Waals surface area contributed by atoms with Crippen LogP contribution in [0.3, 0.4) is 0 Å². The number of quaternary nitrogens is 1. The van der Waals surface area contributed by atoms with E-state index in [1.165, 1.54) is 4.57 Å². The number of aromatic amines is 1. The number of nitrogens with zero attached hydrogens (tertiary/aromatic N) is 1. The molecule has 0 fully saturated rings. The zero-order chi connectivity index (χ0) is 24.3. The van der Waals surface area contributed by atoms with E-state index in [4.69, 9.17) is 14.2 Å². The minimum absolute atomic E-state index is 0.0831. The van der Waals surface area contributed by atoms with Crippen LogP contribution in [-0.4, -0.2) is 42.2 Å². The highest BCUT2D eigenvalue weighted by atomic mass is 16.7. The average molecular weight is 474 g/mol. The molecular weight excluding hydrogens is 450 g/mol. The quantitative estimate of drug-likeness (QED) is 0.413. The van der Waals surface area contributed by atoms with E-state index >= 15 is 0 Å². The third-order valence-corrected chi connectivity index (χ3v) is 6.93. The molecule has 0 radical (unpaired) electrons. The van der Waals surface area contributed by atoms with Crippen molar-refractivity contribution in [3.63, 3.8) is 0 Å². The first-order valence-electron chi connectivity index (χ1n) is 11.4. The summed E-state index contributed by atoms with van der Waals surface area (Å²) in [5.74, 6) is 1.15. The van der Waals surface area contributed by atoms with Crippen LogP contribution in [0.4, 0.5) is 0 Å². The van der Waals surface area contributed by atoms with Crippen LogP contribution >= 0.6 is 0 Å². The maximum Gasteiger partial charge on any atom is 0.335 e. The molecule has 1 unspecified atom stereocenters. The topological polar surface area (TPSA) is 107 Å². The van der Waals surface area contributed by atoms with Gasteiger partial charge in [0.1, 0.15) is 5.56 Å². The number of fused-ring (bicyclic) bond motifs is 3. The Morgan fingerprint density at radius 1 is 1.11 bits per heavy atom. The highest BCUT2D eigenvalue weighted by Crippen LogP contribution is 2.48. The number of ether oxygens (including phenoxy) is 3. The third-order valence-electron chi connectivity index (χ3n) is 6.93. The fraction of sp³-hybridized carbons (Fsp3) is 0.231. The number of aromatic nitrogens is 2. The smallest absolute Gasteiger partial charge is 0.335 e. The van der Waals surface area contributed by atoms with Crippen LogP contribution in [0.2, 0.25) is 0 Å². The highest BCUT2D eigenvalue weighted by molar-refractivity contribution is 5.90. The fourth-order valence-corrected chi connectivity index (χ4v) is 5.34. The molecule has 2 aliphatic rings. The molecule has 2 atom stereocenters. The van der Waals surface area contributed by atoms with Gasteiger partial charge in [-0.2, -0.15) is 0 Å². The van der Waals surface area contributed by atoms with Crippen molar-refractivity contribution >= 4 is 10.8 Å². The molecule has 0 amide bonds. The summed E-state index contributed by atoms with van der Waals surface area (Å²) >= 11 is 0. The number of hydrogen-bond acceptors (Lipinski definition) is 6. The van der Waals surface area contributed by atoms with Crippen molar-refractivity contribution in [1.29, 1.82) is 0 Å². The van der Waals surface area contributed by atoms with Gasteiger partial charge in [-0.15, -0.1) is 0 Å². The van der Waals surface area contributed by atoms with E-state index in [2.05, 4.69) is 4.98 Å². The molecule has 0 saturated heterocycles. The Kier molecular flexibility index (Phi) is 4.82. The van der Waals surface area contributed by atoms with Gasteiger partial charge in [0.2, 0.25) is 18.4 Å². The Morgan fingerprint density at radius 2 is 1.91 bits per heavy atom. The lowest BCUT2D eigenvalue weighted by Crippen LogP contribution is -3.10. The number of hydrogen-bond donors (Lipinski definition) is 3. The number of H-pyrrole nitrogens is 1. The first kappa shape index (κ1) is 21.3. The highest BCUT2D eigenvalue weighted by Gasteiger charge is 2.41. The van der Waals surface area contributed by atoms with Gasteiger partial charge in [0.05, 0.1) is 32.0 Å². The Bertz CT molecular complexity index is 1600. The zero-order valence-electron chi connectivity index (χ0n) is 19.3. The van der Waals surface area contributed by atoms with E-state index in [0.717, 1.165) is 33.2 Å². The van der Waals surface area contributed by atoms with Crippen LogP contribution in [0.5, 0.6) is 23.1 Å². The van der Waals surface area contributed by atoms with Gasteiger partial charge in [0, 0.05) is 11.8 Å². The molecule has 0 spiro atoms. The second-order valence-corrected chi connectivity index (χ2v) is 8.83. The van der Waals surface area contributed by atoms with Crippen LogP contribution in [0.25, 0.3) is 16.5 Å². The Labute approximate surface area is 199 Å².